The Morgan fingerprint density at radius 1 is 0.952 bits per heavy atom. The minimum absolute atomic E-state index is 0.139. The van der Waals surface area contributed by atoms with E-state index in [2.05, 4.69) is 24.3 Å². The number of hydrogen-bond acceptors (Lipinski definition) is 1. The van der Waals surface area contributed by atoms with Gasteiger partial charge in [-0.2, -0.15) is 0 Å². The second kappa shape index (κ2) is 6.29. The van der Waals surface area contributed by atoms with Gasteiger partial charge in [0, 0.05) is 23.6 Å². The molecule has 3 rings (SSSR count). The molecule has 3 heteroatoms. The van der Waals surface area contributed by atoms with Crippen LogP contribution in [0.3, 0.4) is 0 Å². The van der Waals surface area contributed by atoms with Gasteiger partial charge < -0.3 is 4.74 Å². The van der Waals surface area contributed by atoms with Crippen molar-refractivity contribution < 1.29 is 4.74 Å². The van der Waals surface area contributed by atoms with Crippen molar-refractivity contribution in [2.45, 2.75) is 24.4 Å². The summed E-state index contributed by atoms with van der Waals surface area (Å²) < 4.78 is 6.07. The highest BCUT2D eigenvalue weighted by molar-refractivity contribution is 6.22. The Kier molecular flexibility index (Phi) is 4.42. The van der Waals surface area contributed by atoms with Crippen molar-refractivity contribution >= 4 is 23.2 Å². The lowest BCUT2D eigenvalue weighted by Gasteiger charge is -2.32. The maximum Gasteiger partial charge on any atom is 0.123 e. The Morgan fingerprint density at radius 2 is 1.62 bits per heavy atom. The van der Waals surface area contributed by atoms with Crippen LogP contribution in [0.5, 0.6) is 5.75 Å². The molecule has 110 valence electrons. The van der Waals surface area contributed by atoms with E-state index in [9.17, 15) is 0 Å². The van der Waals surface area contributed by atoms with Gasteiger partial charge in [0.05, 0.1) is 0 Å². The maximum atomic E-state index is 6.31. The third kappa shape index (κ3) is 2.90. The quantitative estimate of drug-likeness (QED) is 0.719. The van der Waals surface area contributed by atoms with Gasteiger partial charge >= 0.3 is 0 Å². The van der Waals surface area contributed by atoms with E-state index >= 15 is 0 Å². The minimum Gasteiger partial charge on any atom is -0.490 e. The average molecular weight is 321 g/mol. The molecule has 0 N–H and O–H groups in total. The van der Waals surface area contributed by atoms with E-state index < -0.39 is 0 Å². The van der Waals surface area contributed by atoms with E-state index in [0.717, 1.165) is 18.6 Å². The predicted octanol–water partition coefficient (Wildman–Crippen LogP) is 4.80. The largest absolute Gasteiger partial charge is 0.490 e. The predicted molar refractivity (Wildman–Crippen MR) is 88.7 cm³/mol. The first-order valence-electron chi connectivity index (χ1n) is 7.19. The van der Waals surface area contributed by atoms with E-state index in [1.807, 2.05) is 30.3 Å². The van der Waals surface area contributed by atoms with Crippen molar-refractivity contribution in [3.63, 3.8) is 0 Å². The summed E-state index contributed by atoms with van der Waals surface area (Å²) in [5.41, 5.74) is 2.22. The Balaban J connectivity index is 1.82. The number of halogens is 2. The molecule has 0 saturated heterocycles. The van der Waals surface area contributed by atoms with Crippen LogP contribution in [0.25, 0.3) is 0 Å². The topological polar surface area (TPSA) is 9.23 Å². The molecule has 0 saturated carbocycles. The molecule has 1 atom stereocenters. The maximum absolute atomic E-state index is 6.31. The molecular weight excluding hydrogens is 303 g/mol. The normalized spacial score (nSPS) is 17.3. The Bertz CT molecular complexity index is 568. The highest BCUT2D eigenvalue weighted by atomic mass is 35.5. The van der Waals surface area contributed by atoms with Crippen molar-refractivity contribution in [2.24, 2.45) is 0 Å². The van der Waals surface area contributed by atoms with Crippen molar-refractivity contribution in [1.29, 1.82) is 0 Å². The second-order valence-corrected chi connectivity index (χ2v) is 6.20. The zero-order valence-electron chi connectivity index (χ0n) is 11.8. The standard InChI is InChI=1S/C18H18Cl2O/c19-12-18(13-20,15-7-2-1-3-8-15)11-16-10-14-6-4-5-9-17(14)21-16/h1-9,16H,10-13H2. The lowest BCUT2D eigenvalue weighted by atomic mass is 9.78. The van der Waals surface area contributed by atoms with Crippen molar-refractivity contribution in [2.75, 3.05) is 11.8 Å². The van der Waals surface area contributed by atoms with Crippen LogP contribution in [0.15, 0.2) is 54.6 Å². The monoisotopic (exact) mass is 320 g/mol. The van der Waals surface area contributed by atoms with Crippen LogP contribution >= 0.6 is 23.2 Å². The molecule has 2 aromatic rings. The lowest BCUT2D eigenvalue weighted by Crippen LogP contribution is -2.36. The van der Waals surface area contributed by atoms with Gasteiger partial charge in [-0.25, -0.2) is 0 Å². The summed E-state index contributed by atoms with van der Waals surface area (Å²) in [4.78, 5) is 0. The first-order chi connectivity index (χ1) is 10.3. The summed E-state index contributed by atoms with van der Waals surface area (Å²) in [6.45, 7) is 0. The highest BCUT2D eigenvalue weighted by Crippen LogP contribution is 2.38. The molecule has 21 heavy (non-hydrogen) atoms. The molecule has 0 aliphatic carbocycles. The average Bonchev–Trinajstić information content (AvgIpc) is 2.96. The van der Waals surface area contributed by atoms with E-state index in [4.69, 9.17) is 27.9 Å². The minimum atomic E-state index is -0.239. The van der Waals surface area contributed by atoms with Gasteiger partial charge in [0.25, 0.3) is 0 Å². The van der Waals surface area contributed by atoms with Gasteiger partial charge in [-0.15, -0.1) is 23.2 Å². The third-order valence-corrected chi connectivity index (χ3v) is 5.25. The zero-order chi connectivity index (χ0) is 14.7. The van der Waals surface area contributed by atoms with Crippen LogP contribution in [0.2, 0.25) is 0 Å². The molecule has 1 unspecified atom stereocenters. The smallest absolute Gasteiger partial charge is 0.123 e. The number of fused-ring (bicyclic) bond motifs is 1. The Hall–Kier alpha value is -1.18. The van der Waals surface area contributed by atoms with E-state index in [0.29, 0.717) is 11.8 Å². The Morgan fingerprint density at radius 3 is 2.29 bits per heavy atom. The van der Waals surface area contributed by atoms with Gasteiger partial charge in [-0.1, -0.05) is 48.5 Å². The van der Waals surface area contributed by atoms with E-state index in [1.165, 1.54) is 11.1 Å². The number of rotatable bonds is 5. The molecule has 1 heterocycles. The zero-order valence-corrected chi connectivity index (χ0v) is 13.3. The molecule has 0 radical (unpaired) electrons. The van der Waals surface area contributed by atoms with Crippen molar-refractivity contribution in [1.82, 2.24) is 0 Å². The SMILES string of the molecule is ClCC(CCl)(CC1Cc2ccccc2O1)c1ccccc1. The van der Waals surface area contributed by atoms with Gasteiger partial charge in [-0.05, 0) is 23.6 Å². The Labute approximate surface area is 135 Å². The first-order valence-corrected chi connectivity index (χ1v) is 8.26. The lowest BCUT2D eigenvalue weighted by molar-refractivity contribution is 0.191. The molecule has 0 spiro atoms. The van der Waals surface area contributed by atoms with Crippen LogP contribution in [0.4, 0.5) is 0 Å². The van der Waals surface area contributed by atoms with Gasteiger partial charge in [0.15, 0.2) is 0 Å². The highest BCUT2D eigenvalue weighted by Gasteiger charge is 2.36. The van der Waals surface area contributed by atoms with Gasteiger partial charge in [-0.3, -0.25) is 0 Å². The number of hydrogen-bond donors (Lipinski definition) is 0. The number of para-hydroxylation sites is 1. The fourth-order valence-electron chi connectivity index (χ4n) is 3.01. The fraction of sp³-hybridized carbons (Fsp3) is 0.333. The summed E-state index contributed by atoms with van der Waals surface area (Å²) in [7, 11) is 0. The van der Waals surface area contributed by atoms with Gasteiger partial charge in [0.2, 0.25) is 0 Å². The van der Waals surface area contributed by atoms with E-state index in [-0.39, 0.29) is 11.5 Å². The first kappa shape index (κ1) is 14.7. The molecule has 0 fully saturated rings. The fourth-order valence-corrected chi connectivity index (χ4v) is 3.82. The molecule has 0 aromatic heterocycles. The van der Waals surface area contributed by atoms with Gasteiger partial charge in [0.1, 0.15) is 11.9 Å². The second-order valence-electron chi connectivity index (χ2n) is 5.67. The number of alkyl halides is 2. The van der Waals surface area contributed by atoms with Crippen LogP contribution in [-0.2, 0) is 11.8 Å². The summed E-state index contributed by atoms with van der Waals surface area (Å²) in [5, 5.41) is 0. The van der Waals surface area contributed by atoms with Crippen LogP contribution in [0, 0.1) is 0 Å². The summed E-state index contributed by atoms with van der Waals surface area (Å²) >= 11 is 12.6. The summed E-state index contributed by atoms with van der Waals surface area (Å²) in [6, 6.07) is 18.5. The summed E-state index contributed by atoms with van der Waals surface area (Å²) in [5.74, 6) is 1.99. The van der Waals surface area contributed by atoms with Crippen LogP contribution in [0.1, 0.15) is 17.5 Å². The van der Waals surface area contributed by atoms with Crippen LogP contribution in [-0.4, -0.2) is 17.9 Å². The van der Waals surface area contributed by atoms with E-state index in [1.54, 1.807) is 0 Å². The molecular formula is C18H18Cl2O. The number of benzene rings is 2. The van der Waals surface area contributed by atoms with Crippen molar-refractivity contribution in [3.8, 4) is 5.75 Å². The molecule has 0 amide bonds. The molecule has 1 aliphatic heterocycles. The molecule has 1 aliphatic rings. The third-order valence-electron chi connectivity index (χ3n) is 4.23. The number of ether oxygens (including phenoxy) is 1. The molecule has 0 bridgehead atoms. The molecule has 2 aromatic carbocycles. The summed E-state index contributed by atoms with van der Waals surface area (Å²) in [6.07, 6.45) is 1.90. The molecule has 1 nitrogen and oxygen atoms in total. The van der Waals surface area contributed by atoms with Crippen LogP contribution < -0.4 is 4.74 Å². The van der Waals surface area contributed by atoms with Crippen molar-refractivity contribution in [3.05, 3.63) is 65.7 Å².